The van der Waals surface area contributed by atoms with Crippen LogP contribution >= 0.6 is 0 Å². The van der Waals surface area contributed by atoms with Crippen LogP contribution in [0.15, 0.2) is 24.3 Å². The third-order valence-corrected chi connectivity index (χ3v) is 3.28. The van der Waals surface area contributed by atoms with Crippen molar-refractivity contribution in [3.63, 3.8) is 0 Å². The van der Waals surface area contributed by atoms with E-state index in [2.05, 4.69) is 18.0 Å². The standard InChI is InChI=1S/C13H15FN2/c1-16-8-11(6-7-15)13(9-16)10-2-4-12(14)5-3-10/h2-5,11,13H,6,8-9H2,1H3/t11-,13+/m0/s1. The van der Waals surface area contributed by atoms with Crippen molar-refractivity contribution in [2.45, 2.75) is 12.3 Å². The maximum atomic E-state index is 12.8. The Kier molecular flexibility index (Phi) is 3.21. The van der Waals surface area contributed by atoms with Gasteiger partial charge in [-0.3, -0.25) is 0 Å². The fraction of sp³-hybridized carbons (Fsp3) is 0.462. The molecule has 1 saturated heterocycles. The van der Waals surface area contributed by atoms with Gasteiger partial charge in [0.25, 0.3) is 0 Å². The van der Waals surface area contributed by atoms with E-state index in [0.717, 1.165) is 18.7 Å². The van der Waals surface area contributed by atoms with Gasteiger partial charge in [0, 0.05) is 25.4 Å². The molecule has 16 heavy (non-hydrogen) atoms. The lowest BCUT2D eigenvalue weighted by atomic mass is 9.87. The summed E-state index contributed by atoms with van der Waals surface area (Å²) in [5.74, 6) is 0.539. The quantitative estimate of drug-likeness (QED) is 0.762. The van der Waals surface area contributed by atoms with Crippen LogP contribution in [0.1, 0.15) is 17.9 Å². The Bertz CT molecular complexity index is 393. The molecule has 2 rings (SSSR count). The van der Waals surface area contributed by atoms with E-state index in [1.807, 2.05) is 12.1 Å². The van der Waals surface area contributed by atoms with Crippen molar-refractivity contribution in [3.8, 4) is 6.07 Å². The summed E-state index contributed by atoms with van der Waals surface area (Å²) in [6, 6.07) is 8.91. The summed E-state index contributed by atoms with van der Waals surface area (Å²) in [6.07, 6.45) is 0.576. The maximum Gasteiger partial charge on any atom is 0.123 e. The molecule has 0 amide bonds. The third kappa shape index (κ3) is 2.23. The molecule has 1 fully saturated rings. The molecule has 84 valence electrons. The Balaban J connectivity index is 2.19. The predicted molar refractivity (Wildman–Crippen MR) is 60.4 cm³/mol. The third-order valence-electron chi connectivity index (χ3n) is 3.28. The molecule has 1 aromatic rings. The fourth-order valence-corrected chi connectivity index (χ4v) is 2.50. The Morgan fingerprint density at radius 3 is 2.69 bits per heavy atom. The molecule has 0 N–H and O–H groups in total. The van der Waals surface area contributed by atoms with Crippen molar-refractivity contribution >= 4 is 0 Å². The molecule has 0 aromatic heterocycles. The molecule has 0 unspecified atom stereocenters. The van der Waals surface area contributed by atoms with Crippen LogP contribution in [0.3, 0.4) is 0 Å². The first-order valence-corrected chi connectivity index (χ1v) is 5.51. The number of rotatable bonds is 2. The minimum absolute atomic E-state index is 0.202. The van der Waals surface area contributed by atoms with Crippen molar-refractivity contribution in [1.82, 2.24) is 4.90 Å². The first-order valence-electron chi connectivity index (χ1n) is 5.51. The van der Waals surface area contributed by atoms with Crippen LogP contribution in [0.5, 0.6) is 0 Å². The molecular formula is C13H15FN2. The second-order valence-corrected chi connectivity index (χ2v) is 4.50. The molecule has 0 aliphatic carbocycles. The van der Waals surface area contributed by atoms with E-state index in [0.29, 0.717) is 18.3 Å². The highest BCUT2D eigenvalue weighted by Gasteiger charge is 2.31. The van der Waals surface area contributed by atoms with Crippen LogP contribution in [0, 0.1) is 23.1 Å². The molecule has 2 atom stereocenters. The molecule has 0 saturated carbocycles. The second kappa shape index (κ2) is 4.63. The highest BCUT2D eigenvalue weighted by molar-refractivity contribution is 5.23. The summed E-state index contributed by atoms with van der Waals surface area (Å²) in [4.78, 5) is 2.23. The lowest BCUT2D eigenvalue weighted by molar-refractivity contribution is 0.396. The van der Waals surface area contributed by atoms with Crippen molar-refractivity contribution < 1.29 is 4.39 Å². The number of hydrogen-bond acceptors (Lipinski definition) is 2. The van der Waals surface area contributed by atoms with E-state index < -0.39 is 0 Å². The molecule has 0 radical (unpaired) electrons. The van der Waals surface area contributed by atoms with Crippen LogP contribution in [0.2, 0.25) is 0 Å². The van der Waals surface area contributed by atoms with Gasteiger partial charge in [0.2, 0.25) is 0 Å². The molecule has 1 aliphatic heterocycles. The van der Waals surface area contributed by atoms with Crippen molar-refractivity contribution in [2.75, 3.05) is 20.1 Å². The van der Waals surface area contributed by atoms with Gasteiger partial charge >= 0.3 is 0 Å². The summed E-state index contributed by atoms with van der Waals surface area (Å²) in [7, 11) is 2.06. The van der Waals surface area contributed by atoms with Gasteiger partial charge in [-0.2, -0.15) is 5.26 Å². The number of likely N-dealkylation sites (N-methyl/N-ethyl adjacent to an activating group) is 1. The van der Waals surface area contributed by atoms with Crippen molar-refractivity contribution in [2.24, 2.45) is 5.92 Å². The molecule has 2 nitrogen and oxygen atoms in total. The minimum Gasteiger partial charge on any atom is -0.305 e. The lowest BCUT2D eigenvalue weighted by Gasteiger charge is -2.15. The summed E-state index contributed by atoms with van der Waals surface area (Å²) in [5.41, 5.74) is 1.14. The zero-order valence-electron chi connectivity index (χ0n) is 9.36. The van der Waals surface area contributed by atoms with Crippen LogP contribution < -0.4 is 0 Å². The van der Waals surface area contributed by atoms with Crippen LogP contribution in [0.25, 0.3) is 0 Å². The minimum atomic E-state index is -0.202. The Labute approximate surface area is 95.3 Å². The Morgan fingerprint density at radius 1 is 1.38 bits per heavy atom. The van der Waals surface area contributed by atoms with Crippen molar-refractivity contribution in [3.05, 3.63) is 35.6 Å². The molecule has 1 aliphatic rings. The van der Waals surface area contributed by atoms with Gasteiger partial charge in [0.15, 0.2) is 0 Å². The Morgan fingerprint density at radius 2 is 2.06 bits per heavy atom. The van der Waals surface area contributed by atoms with Gasteiger partial charge in [-0.15, -0.1) is 0 Å². The van der Waals surface area contributed by atoms with E-state index >= 15 is 0 Å². The van der Waals surface area contributed by atoms with Gasteiger partial charge in [-0.25, -0.2) is 4.39 Å². The number of likely N-dealkylation sites (tertiary alicyclic amines) is 1. The molecule has 0 spiro atoms. The number of nitrogens with zero attached hydrogens (tertiary/aromatic N) is 2. The largest absolute Gasteiger partial charge is 0.305 e. The lowest BCUT2D eigenvalue weighted by Crippen LogP contribution is -2.13. The second-order valence-electron chi connectivity index (χ2n) is 4.50. The first-order chi connectivity index (χ1) is 7.70. The predicted octanol–water partition coefficient (Wildman–Crippen LogP) is 2.38. The summed E-state index contributed by atoms with van der Waals surface area (Å²) in [5, 5.41) is 8.79. The van der Waals surface area contributed by atoms with Gasteiger partial charge in [-0.1, -0.05) is 12.1 Å². The highest BCUT2D eigenvalue weighted by Crippen LogP contribution is 2.33. The number of hydrogen-bond donors (Lipinski definition) is 0. The summed E-state index contributed by atoms with van der Waals surface area (Å²) in [6.45, 7) is 1.91. The van der Waals surface area contributed by atoms with Gasteiger partial charge in [0.05, 0.1) is 6.07 Å². The number of benzene rings is 1. The Hall–Kier alpha value is -1.40. The van der Waals surface area contributed by atoms with Gasteiger partial charge in [0.1, 0.15) is 5.82 Å². The summed E-state index contributed by atoms with van der Waals surface area (Å²) < 4.78 is 12.8. The maximum absolute atomic E-state index is 12.8. The monoisotopic (exact) mass is 218 g/mol. The topological polar surface area (TPSA) is 27.0 Å². The zero-order valence-corrected chi connectivity index (χ0v) is 9.36. The van der Waals surface area contributed by atoms with Crippen LogP contribution in [-0.2, 0) is 0 Å². The van der Waals surface area contributed by atoms with Crippen molar-refractivity contribution in [1.29, 1.82) is 5.26 Å². The molecule has 1 aromatic carbocycles. The molecule has 3 heteroatoms. The average Bonchev–Trinajstić information content (AvgIpc) is 2.61. The van der Waals surface area contributed by atoms with E-state index in [9.17, 15) is 4.39 Å². The molecule has 1 heterocycles. The first kappa shape index (κ1) is 11.1. The normalized spacial score (nSPS) is 25.6. The zero-order chi connectivity index (χ0) is 11.5. The average molecular weight is 218 g/mol. The van der Waals surface area contributed by atoms with Crippen LogP contribution in [-0.4, -0.2) is 25.0 Å². The van der Waals surface area contributed by atoms with Gasteiger partial charge < -0.3 is 4.90 Å². The smallest absolute Gasteiger partial charge is 0.123 e. The fourth-order valence-electron chi connectivity index (χ4n) is 2.50. The molecular weight excluding hydrogens is 203 g/mol. The SMILES string of the molecule is CN1C[C@H](CC#N)[C@@H](c2ccc(F)cc2)C1. The molecule has 0 bridgehead atoms. The van der Waals surface area contributed by atoms with Crippen LogP contribution in [0.4, 0.5) is 4.39 Å². The number of halogens is 1. The summed E-state index contributed by atoms with van der Waals surface area (Å²) >= 11 is 0. The van der Waals surface area contributed by atoms with E-state index in [1.54, 1.807) is 0 Å². The highest BCUT2D eigenvalue weighted by atomic mass is 19.1. The van der Waals surface area contributed by atoms with E-state index in [1.165, 1.54) is 12.1 Å². The van der Waals surface area contributed by atoms with Gasteiger partial charge in [-0.05, 0) is 30.7 Å². The number of nitriles is 1. The van der Waals surface area contributed by atoms with E-state index in [-0.39, 0.29) is 5.82 Å². The van der Waals surface area contributed by atoms with E-state index in [4.69, 9.17) is 5.26 Å².